The minimum Gasteiger partial charge on any atom is -0.744 e. The lowest BCUT2D eigenvalue weighted by atomic mass is 10.2. The summed E-state index contributed by atoms with van der Waals surface area (Å²) in [6, 6.07) is 8.88. The molecule has 0 radical (unpaired) electrons. The third-order valence-electron chi connectivity index (χ3n) is 2.54. The summed E-state index contributed by atoms with van der Waals surface area (Å²) in [6.45, 7) is 1.82. The zero-order valence-corrected chi connectivity index (χ0v) is 12.8. The summed E-state index contributed by atoms with van der Waals surface area (Å²) in [7, 11) is -2.81. The van der Waals surface area contributed by atoms with Gasteiger partial charge in [0.05, 0.1) is 4.90 Å². The highest BCUT2D eigenvalue weighted by molar-refractivity contribution is 7.85. The molecule has 1 heterocycles. The Bertz CT molecular complexity index is 740. The second kappa shape index (κ2) is 7.53. The molecule has 8 heteroatoms. The summed E-state index contributed by atoms with van der Waals surface area (Å²) in [5.41, 5.74) is 1.13. The van der Waals surface area contributed by atoms with Gasteiger partial charge in [-0.15, -0.1) is 0 Å². The first-order valence-electron chi connectivity index (χ1n) is 6.05. The monoisotopic (exact) mass is 325 g/mol. The predicted molar refractivity (Wildman–Crippen MR) is 75.2 cm³/mol. The number of aryl methyl sites for hydroxylation is 1. The van der Waals surface area contributed by atoms with Crippen LogP contribution in [-0.2, 0) is 10.1 Å². The Hall–Kier alpha value is -2.45. The first-order chi connectivity index (χ1) is 10.2. The van der Waals surface area contributed by atoms with Gasteiger partial charge in [0.1, 0.15) is 22.8 Å². The molecule has 0 aliphatic rings. The molecule has 0 aliphatic heterocycles. The lowest BCUT2D eigenvalue weighted by Crippen LogP contribution is -2.40. The van der Waals surface area contributed by atoms with Crippen molar-refractivity contribution in [1.29, 1.82) is 0 Å². The Morgan fingerprint density at radius 3 is 2.27 bits per heavy atom. The van der Waals surface area contributed by atoms with E-state index in [2.05, 4.69) is 0 Å². The van der Waals surface area contributed by atoms with E-state index in [4.69, 9.17) is 9.94 Å². The van der Waals surface area contributed by atoms with Crippen LogP contribution in [0.1, 0.15) is 15.9 Å². The Balaban J connectivity index is 0.000000220. The van der Waals surface area contributed by atoms with Gasteiger partial charge >= 0.3 is 5.97 Å². The van der Waals surface area contributed by atoms with E-state index in [1.165, 1.54) is 36.2 Å². The molecule has 0 aliphatic carbocycles. The van der Waals surface area contributed by atoms with Gasteiger partial charge in [-0.25, -0.2) is 13.2 Å². The van der Waals surface area contributed by atoms with Crippen LogP contribution in [0, 0.1) is 6.92 Å². The number of benzene rings is 1. The predicted octanol–water partition coefficient (Wildman–Crippen LogP) is 0.630. The molecule has 0 atom stereocenters. The second-order valence-corrected chi connectivity index (χ2v) is 5.59. The molecule has 0 saturated heterocycles. The van der Waals surface area contributed by atoms with E-state index < -0.39 is 16.1 Å². The molecule has 0 fully saturated rings. The Morgan fingerprint density at radius 2 is 1.82 bits per heavy atom. The van der Waals surface area contributed by atoms with Gasteiger partial charge < -0.3 is 9.66 Å². The van der Waals surface area contributed by atoms with Gasteiger partial charge in [0.2, 0.25) is 12.4 Å². The zero-order valence-electron chi connectivity index (χ0n) is 12.0. The molecule has 7 nitrogen and oxygen atoms in total. The summed E-state index contributed by atoms with van der Waals surface area (Å²) >= 11 is 0. The number of rotatable bonds is 3. The highest BCUT2D eigenvalue weighted by Gasteiger charge is 2.07. The van der Waals surface area contributed by atoms with Crippen molar-refractivity contribution in [3.05, 3.63) is 59.9 Å². The third-order valence-corrected chi connectivity index (χ3v) is 3.39. The number of pyridine rings is 1. The van der Waals surface area contributed by atoms with Crippen molar-refractivity contribution >= 4 is 16.1 Å². The molecule has 0 bridgehead atoms. The molecular weight excluding hydrogens is 310 g/mol. The first-order valence-corrected chi connectivity index (χ1v) is 7.46. The number of carbonyl (C=O) groups is 1. The number of hydrogen-bond acceptors (Lipinski definition) is 5. The largest absolute Gasteiger partial charge is 0.744 e. The average Bonchev–Trinajstić information content (AvgIpc) is 2.47. The van der Waals surface area contributed by atoms with Crippen LogP contribution < -0.4 is 9.57 Å². The average molecular weight is 325 g/mol. The van der Waals surface area contributed by atoms with E-state index in [1.807, 2.05) is 6.92 Å². The minimum atomic E-state index is -4.27. The first kappa shape index (κ1) is 17.6. The molecule has 118 valence electrons. The van der Waals surface area contributed by atoms with Crippen molar-refractivity contribution in [2.45, 2.75) is 11.8 Å². The zero-order chi connectivity index (χ0) is 16.8. The van der Waals surface area contributed by atoms with Crippen molar-refractivity contribution in [1.82, 2.24) is 0 Å². The number of aromatic carboxylic acids is 1. The van der Waals surface area contributed by atoms with Gasteiger partial charge in [-0.1, -0.05) is 17.7 Å². The Kier molecular flexibility index (Phi) is 6.02. The van der Waals surface area contributed by atoms with Crippen molar-refractivity contribution < 1.29 is 32.4 Å². The molecule has 2 aromatic rings. The SMILES string of the molecule is CO[n+]1cccc(C(=O)O)c1.Cc1ccc(S(=O)(=O)[O-])cc1. The fourth-order valence-electron chi connectivity index (χ4n) is 1.40. The topological polar surface area (TPSA) is 108 Å². The summed E-state index contributed by atoms with van der Waals surface area (Å²) < 4.78 is 32.5. The maximum atomic E-state index is 10.4. The van der Waals surface area contributed by atoms with Gasteiger partial charge in [0.25, 0.3) is 0 Å². The van der Waals surface area contributed by atoms with Crippen molar-refractivity contribution in [3.8, 4) is 0 Å². The molecular formula is C14H15NO6S. The lowest BCUT2D eigenvalue weighted by Gasteiger charge is -2.05. The lowest BCUT2D eigenvalue weighted by molar-refractivity contribution is -0.885. The third kappa shape index (κ3) is 5.51. The van der Waals surface area contributed by atoms with Gasteiger partial charge in [-0.05, 0) is 25.1 Å². The van der Waals surface area contributed by atoms with E-state index in [0.717, 1.165) is 5.56 Å². The standard InChI is InChI=1S/C7H7NO3.C7H8O3S/c1-11-8-4-2-3-6(5-8)7(9)10;1-6-2-4-7(5-3-6)11(8,9)10/h2-5H,1H3;2-5H,1H3,(H,8,9,10). The van der Waals surface area contributed by atoms with Crippen molar-refractivity contribution in [2.24, 2.45) is 0 Å². The molecule has 1 aromatic carbocycles. The van der Waals surface area contributed by atoms with Gasteiger partial charge in [0.15, 0.2) is 0 Å². The van der Waals surface area contributed by atoms with Crippen LogP contribution in [-0.4, -0.2) is 31.2 Å². The molecule has 0 spiro atoms. The highest BCUT2D eigenvalue weighted by atomic mass is 32.2. The number of aromatic nitrogens is 1. The second-order valence-electron chi connectivity index (χ2n) is 4.21. The summed E-state index contributed by atoms with van der Waals surface area (Å²) in [5.74, 6) is -0.962. The Morgan fingerprint density at radius 1 is 1.23 bits per heavy atom. The molecule has 0 unspecified atom stereocenters. The van der Waals surface area contributed by atoms with Gasteiger partial charge in [-0.2, -0.15) is 0 Å². The van der Waals surface area contributed by atoms with E-state index in [0.29, 0.717) is 0 Å². The van der Waals surface area contributed by atoms with Gasteiger partial charge in [-0.3, -0.25) is 4.84 Å². The summed E-state index contributed by atoms with van der Waals surface area (Å²) in [6.07, 6.45) is 3.01. The molecule has 0 saturated carbocycles. The maximum Gasteiger partial charge on any atom is 0.341 e. The van der Waals surface area contributed by atoms with Crippen LogP contribution in [0.3, 0.4) is 0 Å². The van der Waals surface area contributed by atoms with Crippen LogP contribution >= 0.6 is 0 Å². The van der Waals surface area contributed by atoms with E-state index in [9.17, 15) is 17.8 Å². The van der Waals surface area contributed by atoms with Crippen LogP contribution in [0.15, 0.2) is 53.7 Å². The molecule has 1 aromatic heterocycles. The number of carboxylic acids is 1. The van der Waals surface area contributed by atoms with E-state index in [-0.39, 0.29) is 10.5 Å². The normalized spacial score (nSPS) is 10.3. The number of hydrogen-bond donors (Lipinski definition) is 1. The Labute approximate surface area is 128 Å². The quantitative estimate of drug-likeness (QED) is 0.655. The summed E-state index contributed by atoms with van der Waals surface area (Å²) in [4.78, 5) is 15.0. The van der Waals surface area contributed by atoms with E-state index in [1.54, 1.807) is 24.4 Å². The number of nitrogens with zero attached hydrogens (tertiary/aromatic N) is 1. The van der Waals surface area contributed by atoms with Crippen LogP contribution in [0.5, 0.6) is 0 Å². The fraction of sp³-hybridized carbons (Fsp3) is 0.143. The molecule has 22 heavy (non-hydrogen) atoms. The van der Waals surface area contributed by atoms with Crippen LogP contribution in [0.25, 0.3) is 0 Å². The molecule has 1 N–H and O–H groups in total. The van der Waals surface area contributed by atoms with Gasteiger partial charge in [0, 0.05) is 10.8 Å². The van der Waals surface area contributed by atoms with Crippen LogP contribution in [0.2, 0.25) is 0 Å². The molecule has 2 rings (SSSR count). The van der Waals surface area contributed by atoms with E-state index >= 15 is 0 Å². The van der Waals surface area contributed by atoms with Crippen molar-refractivity contribution in [3.63, 3.8) is 0 Å². The van der Waals surface area contributed by atoms with Crippen molar-refractivity contribution in [2.75, 3.05) is 7.11 Å². The summed E-state index contributed by atoms with van der Waals surface area (Å²) in [5, 5.41) is 8.54. The van der Waals surface area contributed by atoms with Crippen LogP contribution in [0.4, 0.5) is 0 Å². The maximum absolute atomic E-state index is 10.4. The smallest absolute Gasteiger partial charge is 0.341 e. The molecule has 0 amide bonds. The highest BCUT2D eigenvalue weighted by Crippen LogP contribution is 2.08. The minimum absolute atomic E-state index is 0.178. The number of carboxylic acid groups (broad SMARTS) is 1. The fourth-order valence-corrected chi connectivity index (χ4v) is 1.87.